The highest BCUT2D eigenvalue weighted by atomic mass is 14.6. The van der Waals surface area contributed by atoms with Gasteiger partial charge in [-0.2, -0.15) is 0 Å². The van der Waals surface area contributed by atoms with Crippen LogP contribution in [0, 0.1) is 76.9 Å². The van der Waals surface area contributed by atoms with Gasteiger partial charge in [0, 0.05) is 0 Å². The van der Waals surface area contributed by atoms with Crippen molar-refractivity contribution in [3.63, 3.8) is 0 Å². The molecule has 3 aliphatic rings. The van der Waals surface area contributed by atoms with Gasteiger partial charge in [-0.25, -0.2) is 0 Å². The van der Waals surface area contributed by atoms with Crippen LogP contribution in [0.2, 0.25) is 0 Å². The minimum Gasteiger partial charge on any atom is -0.0620 e. The van der Waals surface area contributed by atoms with Crippen molar-refractivity contribution in [1.82, 2.24) is 0 Å². The zero-order chi connectivity index (χ0) is 16.5. The van der Waals surface area contributed by atoms with Gasteiger partial charge in [-0.3, -0.25) is 0 Å². The molecule has 12 unspecified atom stereocenters. The third-order valence-corrected chi connectivity index (χ3v) is 9.89. The quantitative estimate of drug-likeness (QED) is 0.498. The molecule has 0 amide bonds. The molecule has 12 atom stereocenters. The molecule has 0 aromatic rings. The zero-order valence-electron chi connectivity index (χ0n) is 16.5. The first-order chi connectivity index (χ1) is 10.2. The van der Waals surface area contributed by atoms with E-state index in [1.807, 2.05) is 0 Å². The highest BCUT2D eigenvalue weighted by molar-refractivity contribution is 5.07. The van der Waals surface area contributed by atoms with E-state index in [0.717, 1.165) is 76.9 Å². The lowest BCUT2D eigenvalue weighted by Gasteiger charge is -2.59. The predicted molar refractivity (Wildman–Crippen MR) is 96.4 cm³/mol. The van der Waals surface area contributed by atoms with Crippen molar-refractivity contribution in [1.29, 1.82) is 0 Å². The van der Waals surface area contributed by atoms with Gasteiger partial charge in [0.15, 0.2) is 0 Å². The Morgan fingerprint density at radius 2 is 0.409 bits per heavy atom. The molecule has 3 rings (SSSR count). The van der Waals surface area contributed by atoms with Gasteiger partial charge >= 0.3 is 0 Å². The number of fused-ring (bicyclic) bond motifs is 2. The second kappa shape index (κ2) is 5.52. The molecule has 0 heteroatoms. The van der Waals surface area contributed by atoms with E-state index in [9.17, 15) is 0 Å². The van der Waals surface area contributed by atoms with E-state index in [2.05, 4.69) is 62.3 Å². The van der Waals surface area contributed by atoms with Crippen molar-refractivity contribution >= 4 is 0 Å². The Balaban J connectivity index is 2.01. The Morgan fingerprint density at radius 1 is 0.227 bits per heavy atom. The largest absolute Gasteiger partial charge is 0.0620 e. The van der Waals surface area contributed by atoms with Gasteiger partial charge in [0.1, 0.15) is 0 Å². The Morgan fingerprint density at radius 3 is 0.636 bits per heavy atom. The van der Waals surface area contributed by atoms with Crippen molar-refractivity contribution in [2.75, 3.05) is 0 Å². The number of hydrogen-bond acceptors (Lipinski definition) is 0. The molecular weight excluding hydrogens is 264 g/mol. The summed E-state index contributed by atoms with van der Waals surface area (Å²) in [5.74, 6) is 12.2. The SMILES string of the molecule is CC1C(C)C(C)C2C(C)C3C(C)C(C)C(C)C3C(C)C2C1C. The summed E-state index contributed by atoms with van der Waals surface area (Å²) in [7, 11) is 0. The standard InChI is InChI=1S/C22H40/c1-10-11(2)14(5)20-18(9)22-16(7)12(3)15(6)21(22)17(8)19(20)13(10)4/h10-22H,1-9H3. The van der Waals surface area contributed by atoms with Crippen LogP contribution in [-0.4, -0.2) is 0 Å². The van der Waals surface area contributed by atoms with Gasteiger partial charge in [-0.15, -0.1) is 0 Å². The first kappa shape index (κ1) is 16.8. The van der Waals surface area contributed by atoms with Gasteiger partial charge in [0.25, 0.3) is 0 Å². The summed E-state index contributed by atoms with van der Waals surface area (Å²) in [6.45, 7) is 23.2. The molecule has 0 aromatic heterocycles. The monoisotopic (exact) mass is 304 g/mol. The molecule has 3 aliphatic carbocycles. The van der Waals surface area contributed by atoms with Crippen LogP contribution in [-0.2, 0) is 0 Å². The van der Waals surface area contributed by atoms with E-state index in [-0.39, 0.29) is 0 Å². The van der Waals surface area contributed by atoms with E-state index in [1.54, 1.807) is 0 Å². The topological polar surface area (TPSA) is 0 Å². The Hall–Kier alpha value is 0. The molecule has 22 heavy (non-hydrogen) atoms. The van der Waals surface area contributed by atoms with Gasteiger partial charge in [0.2, 0.25) is 0 Å². The van der Waals surface area contributed by atoms with Crippen LogP contribution in [0.3, 0.4) is 0 Å². The molecule has 3 saturated carbocycles. The van der Waals surface area contributed by atoms with Crippen LogP contribution < -0.4 is 0 Å². The summed E-state index contributed by atoms with van der Waals surface area (Å²) in [6, 6.07) is 0. The second-order valence-corrected chi connectivity index (χ2v) is 10.0. The summed E-state index contributed by atoms with van der Waals surface area (Å²) in [5.41, 5.74) is 0. The van der Waals surface area contributed by atoms with E-state index in [0.29, 0.717) is 0 Å². The third-order valence-electron chi connectivity index (χ3n) is 9.89. The summed E-state index contributed by atoms with van der Waals surface area (Å²) in [6.07, 6.45) is 0. The van der Waals surface area contributed by atoms with Crippen LogP contribution >= 0.6 is 0 Å². The highest BCUT2D eigenvalue weighted by Gasteiger charge is 2.59. The fraction of sp³-hybridized carbons (Fsp3) is 1.00. The molecule has 0 saturated heterocycles. The van der Waals surface area contributed by atoms with Gasteiger partial charge < -0.3 is 0 Å². The van der Waals surface area contributed by atoms with Crippen molar-refractivity contribution < 1.29 is 0 Å². The molecule has 0 bridgehead atoms. The maximum absolute atomic E-state index is 2.63. The van der Waals surface area contributed by atoms with Crippen LogP contribution in [0.5, 0.6) is 0 Å². The molecule has 0 heterocycles. The molecule has 0 spiro atoms. The predicted octanol–water partition coefficient (Wildman–Crippen LogP) is 6.22. The highest BCUT2D eigenvalue weighted by Crippen LogP contribution is 2.64. The average molecular weight is 305 g/mol. The Labute approximate surface area is 139 Å². The number of hydrogen-bond donors (Lipinski definition) is 0. The first-order valence-corrected chi connectivity index (χ1v) is 10.2. The van der Waals surface area contributed by atoms with Crippen molar-refractivity contribution in [3.05, 3.63) is 0 Å². The maximum Gasteiger partial charge on any atom is -0.0323 e. The fourth-order valence-corrected chi connectivity index (χ4v) is 8.07. The van der Waals surface area contributed by atoms with Crippen LogP contribution in [0.15, 0.2) is 0 Å². The summed E-state index contributed by atoms with van der Waals surface area (Å²) >= 11 is 0. The average Bonchev–Trinajstić information content (AvgIpc) is 2.71. The van der Waals surface area contributed by atoms with Crippen LogP contribution in [0.4, 0.5) is 0 Å². The van der Waals surface area contributed by atoms with E-state index < -0.39 is 0 Å². The summed E-state index contributed by atoms with van der Waals surface area (Å²) in [5, 5.41) is 0. The lowest BCUT2D eigenvalue weighted by atomic mass is 9.45. The zero-order valence-corrected chi connectivity index (χ0v) is 16.5. The Kier molecular flexibility index (Phi) is 4.23. The molecule has 0 aliphatic heterocycles. The van der Waals surface area contributed by atoms with Crippen LogP contribution in [0.25, 0.3) is 0 Å². The van der Waals surface area contributed by atoms with Gasteiger partial charge in [-0.05, 0) is 76.9 Å². The molecule has 0 N–H and O–H groups in total. The van der Waals surface area contributed by atoms with Crippen molar-refractivity contribution in [3.8, 4) is 0 Å². The van der Waals surface area contributed by atoms with E-state index in [4.69, 9.17) is 0 Å². The van der Waals surface area contributed by atoms with Gasteiger partial charge in [-0.1, -0.05) is 62.3 Å². The van der Waals surface area contributed by atoms with E-state index in [1.165, 1.54) is 0 Å². The minimum atomic E-state index is 0.897. The normalized spacial score (nSPS) is 65.0. The number of rotatable bonds is 0. The Bertz CT molecular complexity index is 374. The molecule has 0 nitrogen and oxygen atoms in total. The molecule has 3 fully saturated rings. The molecule has 0 radical (unpaired) electrons. The molecular formula is C22H40. The van der Waals surface area contributed by atoms with Gasteiger partial charge in [0.05, 0.1) is 0 Å². The molecule has 0 aromatic carbocycles. The van der Waals surface area contributed by atoms with E-state index >= 15 is 0 Å². The third kappa shape index (κ3) is 2.01. The van der Waals surface area contributed by atoms with Crippen molar-refractivity contribution in [2.24, 2.45) is 76.9 Å². The second-order valence-electron chi connectivity index (χ2n) is 10.0. The summed E-state index contributed by atoms with van der Waals surface area (Å²) in [4.78, 5) is 0. The van der Waals surface area contributed by atoms with Crippen LogP contribution in [0.1, 0.15) is 62.3 Å². The minimum absolute atomic E-state index is 0.897. The lowest BCUT2D eigenvalue weighted by molar-refractivity contribution is -0.119. The molecule has 128 valence electrons. The fourth-order valence-electron chi connectivity index (χ4n) is 8.07. The van der Waals surface area contributed by atoms with Crippen molar-refractivity contribution in [2.45, 2.75) is 62.3 Å². The first-order valence-electron chi connectivity index (χ1n) is 10.2. The smallest absolute Gasteiger partial charge is 0.0323 e. The maximum atomic E-state index is 2.63. The lowest BCUT2D eigenvalue weighted by Crippen LogP contribution is -2.55. The summed E-state index contributed by atoms with van der Waals surface area (Å²) < 4.78 is 0.